The molecule has 0 unspecified atom stereocenters. The van der Waals surface area contributed by atoms with Crippen molar-refractivity contribution in [3.63, 3.8) is 0 Å². The van der Waals surface area contributed by atoms with Crippen molar-refractivity contribution in [3.05, 3.63) is 70.5 Å². The van der Waals surface area contributed by atoms with E-state index in [9.17, 15) is 4.79 Å². The van der Waals surface area contributed by atoms with Crippen LogP contribution in [0.2, 0.25) is 0 Å². The Balaban J connectivity index is 1.22. The molecule has 0 aliphatic carbocycles. The molecule has 3 aromatic heterocycles. The van der Waals surface area contributed by atoms with Crippen LogP contribution in [0.5, 0.6) is 11.5 Å². The number of carbonyl (C=O) groups excluding carboxylic acids is 1. The summed E-state index contributed by atoms with van der Waals surface area (Å²) >= 11 is 1.49. The zero-order chi connectivity index (χ0) is 23.2. The molecule has 34 heavy (non-hydrogen) atoms. The number of benzene rings is 1. The largest absolute Gasteiger partial charge is 0.454 e. The van der Waals surface area contributed by atoms with Gasteiger partial charge in [0, 0.05) is 55.7 Å². The van der Waals surface area contributed by atoms with Gasteiger partial charge in [-0.15, -0.1) is 11.3 Å². The molecule has 1 fully saturated rings. The Morgan fingerprint density at radius 1 is 1.00 bits per heavy atom. The van der Waals surface area contributed by atoms with E-state index in [1.807, 2.05) is 17.0 Å². The summed E-state index contributed by atoms with van der Waals surface area (Å²) < 4.78 is 13.1. The maximum atomic E-state index is 13.7. The fourth-order valence-corrected chi connectivity index (χ4v) is 5.95. The molecule has 174 valence electrons. The van der Waals surface area contributed by atoms with Crippen LogP contribution in [-0.2, 0) is 6.54 Å². The molecule has 2 aliphatic rings. The summed E-state index contributed by atoms with van der Waals surface area (Å²) in [7, 11) is 0. The van der Waals surface area contributed by atoms with Gasteiger partial charge in [-0.1, -0.05) is 6.07 Å². The molecule has 8 heteroatoms. The third-order valence-electron chi connectivity index (χ3n) is 6.63. The molecule has 1 amide bonds. The van der Waals surface area contributed by atoms with E-state index in [0.717, 1.165) is 63.3 Å². The molecule has 0 saturated carbocycles. The molecule has 0 radical (unpaired) electrons. The lowest BCUT2D eigenvalue weighted by Gasteiger charge is -2.34. The molecular formula is C26H26N4O3S. The quantitative estimate of drug-likeness (QED) is 0.439. The SMILES string of the molecule is Cc1ccc(C)n1-c1c(C(=O)N2CCN(Cc3ccc4c(c3)OCO4)CC2)sc2ncccc12. The number of aryl methyl sites for hydroxylation is 2. The van der Waals surface area contributed by atoms with Gasteiger partial charge < -0.3 is 18.9 Å². The van der Waals surface area contributed by atoms with Crippen LogP contribution in [-0.4, -0.2) is 58.2 Å². The van der Waals surface area contributed by atoms with E-state index in [-0.39, 0.29) is 12.7 Å². The van der Waals surface area contributed by atoms with Crippen molar-refractivity contribution in [3.8, 4) is 17.2 Å². The van der Waals surface area contributed by atoms with Gasteiger partial charge in [0.05, 0.1) is 5.69 Å². The smallest absolute Gasteiger partial charge is 0.266 e. The van der Waals surface area contributed by atoms with E-state index in [1.54, 1.807) is 6.20 Å². The zero-order valence-corrected chi connectivity index (χ0v) is 20.1. The van der Waals surface area contributed by atoms with E-state index in [0.29, 0.717) is 13.1 Å². The van der Waals surface area contributed by atoms with E-state index in [4.69, 9.17) is 9.47 Å². The third kappa shape index (κ3) is 3.63. The topological polar surface area (TPSA) is 59.8 Å². The molecule has 0 spiro atoms. The van der Waals surface area contributed by atoms with Crippen LogP contribution in [0.1, 0.15) is 26.6 Å². The Kier molecular flexibility index (Phi) is 5.27. The minimum atomic E-state index is 0.0910. The summed E-state index contributed by atoms with van der Waals surface area (Å²) in [5.41, 5.74) is 4.38. The highest BCUT2D eigenvalue weighted by molar-refractivity contribution is 7.21. The van der Waals surface area contributed by atoms with E-state index < -0.39 is 0 Å². The van der Waals surface area contributed by atoms with Gasteiger partial charge in [-0.25, -0.2) is 4.98 Å². The fourth-order valence-electron chi connectivity index (χ4n) is 4.86. The lowest BCUT2D eigenvalue weighted by atomic mass is 10.1. The summed E-state index contributed by atoms with van der Waals surface area (Å²) in [5.74, 6) is 1.71. The van der Waals surface area contributed by atoms with Crippen LogP contribution < -0.4 is 9.47 Å². The van der Waals surface area contributed by atoms with Gasteiger partial charge in [0.1, 0.15) is 9.71 Å². The Hall–Kier alpha value is -3.36. The fraction of sp³-hybridized carbons (Fsp3) is 0.308. The predicted octanol–water partition coefficient (Wildman–Crippen LogP) is 4.39. The first-order chi connectivity index (χ1) is 16.6. The highest BCUT2D eigenvalue weighted by Gasteiger charge is 2.28. The second-order valence-electron chi connectivity index (χ2n) is 8.84. The van der Waals surface area contributed by atoms with Crippen molar-refractivity contribution in [1.29, 1.82) is 0 Å². The Morgan fingerprint density at radius 3 is 2.56 bits per heavy atom. The molecule has 0 atom stereocenters. The van der Waals surface area contributed by atoms with E-state index >= 15 is 0 Å². The number of ether oxygens (including phenoxy) is 2. The van der Waals surface area contributed by atoms with Crippen LogP contribution in [0, 0.1) is 13.8 Å². The van der Waals surface area contributed by atoms with Gasteiger partial charge in [0.15, 0.2) is 11.5 Å². The van der Waals surface area contributed by atoms with Crippen LogP contribution in [0.15, 0.2) is 48.7 Å². The average molecular weight is 475 g/mol. The minimum absolute atomic E-state index is 0.0910. The van der Waals surface area contributed by atoms with Gasteiger partial charge in [-0.2, -0.15) is 0 Å². The van der Waals surface area contributed by atoms with Gasteiger partial charge >= 0.3 is 0 Å². The van der Waals surface area contributed by atoms with Crippen LogP contribution in [0.4, 0.5) is 0 Å². The first-order valence-electron chi connectivity index (χ1n) is 11.5. The summed E-state index contributed by atoms with van der Waals surface area (Å²) in [5, 5.41) is 1.03. The van der Waals surface area contributed by atoms with E-state index in [2.05, 4.69) is 58.6 Å². The lowest BCUT2D eigenvalue weighted by Crippen LogP contribution is -2.48. The molecule has 6 rings (SSSR count). The third-order valence-corrected chi connectivity index (χ3v) is 7.72. The normalized spacial score (nSPS) is 15.9. The molecule has 7 nitrogen and oxygen atoms in total. The first kappa shape index (κ1) is 21.2. The number of thiophene rings is 1. The number of fused-ring (bicyclic) bond motifs is 2. The second-order valence-corrected chi connectivity index (χ2v) is 9.84. The van der Waals surface area contributed by atoms with Crippen molar-refractivity contribution in [2.45, 2.75) is 20.4 Å². The van der Waals surface area contributed by atoms with Crippen molar-refractivity contribution < 1.29 is 14.3 Å². The Morgan fingerprint density at radius 2 is 1.76 bits per heavy atom. The van der Waals surface area contributed by atoms with Gasteiger partial charge in [-0.3, -0.25) is 9.69 Å². The highest BCUT2D eigenvalue weighted by Crippen LogP contribution is 2.36. The summed E-state index contributed by atoms with van der Waals surface area (Å²) in [6.07, 6.45) is 1.79. The summed E-state index contributed by atoms with van der Waals surface area (Å²) in [4.78, 5) is 24.3. The molecular weight excluding hydrogens is 448 g/mol. The number of hydrogen-bond donors (Lipinski definition) is 0. The van der Waals surface area contributed by atoms with Crippen molar-refractivity contribution in [1.82, 2.24) is 19.4 Å². The van der Waals surface area contributed by atoms with Crippen LogP contribution in [0.3, 0.4) is 0 Å². The standard InChI is InChI=1S/C26H26N4O3S/c1-17-5-6-18(2)30(17)23-20-4-3-9-27-25(20)34-24(23)26(31)29-12-10-28(11-13-29)15-19-7-8-21-22(14-19)33-16-32-21/h3-9,14H,10-13,15-16H2,1-2H3. The molecule has 0 N–H and O–H groups in total. The summed E-state index contributed by atoms with van der Waals surface area (Å²) in [6.45, 7) is 8.35. The Bertz CT molecular complexity index is 1360. The van der Waals surface area contributed by atoms with Crippen molar-refractivity contribution in [2.75, 3.05) is 33.0 Å². The number of pyridine rings is 1. The molecule has 1 aromatic carbocycles. The number of amides is 1. The predicted molar refractivity (Wildman–Crippen MR) is 132 cm³/mol. The van der Waals surface area contributed by atoms with Gasteiger partial charge in [0.2, 0.25) is 6.79 Å². The monoisotopic (exact) mass is 474 g/mol. The number of carbonyl (C=O) groups is 1. The number of rotatable bonds is 4. The maximum absolute atomic E-state index is 13.7. The molecule has 4 aromatic rings. The number of aromatic nitrogens is 2. The van der Waals surface area contributed by atoms with Gasteiger partial charge in [0.25, 0.3) is 5.91 Å². The second kappa shape index (κ2) is 8.45. The summed E-state index contributed by atoms with van der Waals surface area (Å²) in [6, 6.07) is 14.3. The molecule has 5 heterocycles. The number of piperazine rings is 1. The van der Waals surface area contributed by atoms with Crippen LogP contribution >= 0.6 is 11.3 Å². The van der Waals surface area contributed by atoms with Gasteiger partial charge in [-0.05, 0) is 55.8 Å². The number of nitrogens with zero attached hydrogens (tertiary/aromatic N) is 4. The maximum Gasteiger partial charge on any atom is 0.266 e. The van der Waals surface area contributed by atoms with E-state index in [1.165, 1.54) is 16.9 Å². The van der Waals surface area contributed by atoms with Crippen molar-refractivity contribution >= 4 is 27.5 Å². The lowest BCUT2D eigenvalue weighted by molar-refractivity contribution is 0.0633. The number of hydrogen-bond acceptors (Lipinski definition) is 6. The minimum Gasteiger partial charge on any atom is -0.454 e. The molecule has 0 bridgehead atoms. The van der Waals surface area contributed by atoms with Crippen LogP contribution in [0.25, 0.3) is 15.9 Å². The molecule has 2 aliphatic heterocycles. The average Bonchev–Trinajstić information content (AvgIpc) is 3.55. The Labute approximate surface area is 202 Å². The highest BCUT2D eigenvalue weighted by atomic mass is 32.1. The molecule has 1 saturated heterocycles. The zero-order valence-electron chi connectivity index (χ0n) is 19.3. The first-order valence-corrected chi connectivity index (χ1v) is 12.3. The van der Waals surface area contributed by atoms with Crippen molar-refractivity contribution in [2.24, 2.45) is 0 Å².